The molecule has 0 amide bonds. The zero-order valence-electron chi connectivity index (χ0n) is 13.4. The monoisotopic (exact) mass is 300 g/mol. The SMILES string of the molecule is COCOCC(C)(C)C(=O)OCOCC1CC2CCC1C2. The number of ether oxygens (including phenoxy) is 4. The van der Waals surface area contributed by atoms with Gasteiger partial charge in [-0.3, -0.25) is 4.79 Å². The lowest BCUT2D eigenvalue weighted by atomic mass is 9.90. The molecule has 0 aromatic rings. The first-order valence-corrected chi connectivity index (χ1v) is 7.84. The number of hydrogen-bond acceptors (Lipinski definition) is 5. The third kappa shape index (κ3) is 4.66. The molecule has 2 aliphatic carbocycles. The van der Waals surface area contributed by atoms with E-state index in [1.165, 1.54) is 25.7 Å². The Morgan fingerprint density at radius 1 is 1.14 bits per heavy atom. The van der Waals surface area contributed by atoms with Crippen molar-refractivity contribution in [2.45, 2.75) is 39.5 Å². The quantitative estimate of drug-likeness (QED) is 0.372. The molecular formula is C16H28O5. The van der Waals surface area contributed by atoms with Gasteiger partial charge in [-0.2, -0.15) is 0 Å². The van der Waals surface area contributed by atoms with Gasteiger partial charge in [-0.1, -0.05) is 6.42 Å². The van der Waals surface area contributed by atoms with E-state index >= 15 is 0 Å². The minimum Gasteiger partial charge on any atom is -0.438 e. The summed E-state index contributed by atoms with van der Waals surface area (Å²) in [6.45, 7) is 4.79. The van der Waals surface area contributed by atoms with Gasteiger partial charge in [0.1, 0.15) is 6.79 Å². The van der Waals surface area contributed by atoms with Gasteiger partial charge in [0.25, 0.3) is 0 Å². The van der Waals surface area contributed by atoms with Crippen LogP contribution in [0.15, 0.2) is 0 Å². The first-order chi connectivity index (χ1) is 10.0. The van der Waals surface area contributed by atoms with E-state index in [0.29, 0.717) is 5.92 Å². The van der Waals surface area contributed by atoms with E-state index in [-0.39, 0.29) is 26.2 Å². The zero-order valence-corrected chi connectivity index (χ0v) is 13.4. The molecule has 2 rings (SSSR count). The first-order valence-electron chi connectivity index (χ1n) is 7.84. The lowest BCUT2D eigenvalue weighted by Gasteiger charge is -2.23. The summed E-state index contributed by atoms with van der Waals surface area (Å²) in [6.07, 6.45) is 5.40. The molecule has 2 aliphatic rings. The van der Waals surface area contributed by atoms with Gasteiger partial charge in [0.2, 0.25) is 0 Å². The molecule has 0 aromatic carbocycles. The number of rotatable bonds is 9. The first kappa shape index (κ1) is 16.7. The largest absolute Gasteiger partial charge is 0.438 e. The van der Waals surface area contributed by atoms with E-state index in [1.54, 1.807) is 21.0 Å². The van der Waals surface area contributed by atoms with Crippen LogP contribution in [0.3, 0.4) is 0 Å². The van der Waals surface area contributed by atoms with Crippen molar-refractivity contribution >= 4 is 5.97 Å². The van der Waals surface area contributed by atoms with E-state index in [0.717, 1.165) is 18.4 Å². The van der Waals surface area contributed by atoms with Crippen molar-refractivity contribution in [3.63, 3.8) is 0 Å². The van der Waals surface area contributed by atoms with Crippen LogP contribution >= 0.6 is 0 Å². The number of hydrogen-bond donors (Lipinski definition) is 0. The summed E-state index contributed by atoms with van der Waals surface area (Å²) < 4.78 is 20.8. The highest BCUT2D eigenvalue weighted by Crippen LogP contribution is 2.48. The molecule has 5 heteroatoms. The molecule has 0 saturated heterocycles. The molecular weight excluding hydrogens is 272 g/mol. The van der Waals surface area contributed by atoms with Crippen molar-refractivity contribution in [1.29, 1.82) is 0 Å². The fourth-order valence-electron chi connectivity index (χ4n) is 3.51. The van der Waals surface area contributed by atoms with Crippen molar-refractivity contribution in [3.05, 3.63) is 0 Å². The van der Waals surface area contributed by atoms with Gasteiger partial charge in [-0.05, 0) is 50.9 Å². The van der Waals surface area contributed by atoms with Gasteiger partial charge in [0.05, 0.1) is 18.6 Å². The lowest BCUT2D eigenvalue weighted by molar-refractivity contribution is -0.173. The second-order valence-electron chi connectivity index (χ2n) is 6.99. The van der Waals surface area contributed by atoms with Crippen LogP contribution < -0.4 is 0 Å². The number of esters is 1. The van der Waals surface area contributed by atoms with Crippen molar-refractivity contribution in [2.75, 3.05) is 33.9 Å². The van der Waals surface area contributed by atoms with Gasteiger partial charge >= 0.3 is 5.97 Å². The van der Waals surface area contributed by atoms with Crippen molar-refractivity contribution < 1.29 is 23.7 Å². The predicted octanol–water partition coefficient (Wildman–Crippen LogP) is 2.59. The van der Waals surface area contributed by atoms with Gasteiger partial charge in [0.15, 0.2) is 6.79 Å². The summed E-state index contributed by atoms with van der Waals surface area (Å²) in [5.41, 5.74) is -0.686. The van der Waals surface area contributed by atoms with Crippen molar-refractivity contribution in [2.24, 2.45) is 23.2 Å². The van der Waals surface area contributed by atoms with Gasteiger partial charge in [-0.25, -0.2) is 0 Å². The highest BCUT2D eigenvalue weighted by atomic mass is 16.7. The molecule has 0 heterocycles. The lowest BCUT2D eigenvalue weighted by Crippen LogP contribution is -2.32. The normalized spacial score (nSPS) is 28.0. The molecule has 2 fully saturated rings. The Morgan fingerprint density at radius 2 is 1.95 bits per heavy atom. The van der Waals surface area contributed by atoms with E-state index in [4.69, 9.17) is 18.9 Å². The molecule has 0 aliphatic heterocycles. The maximum atomic E-state index is 12.0. The van der Waals surface area contributed by atoms with E-state index < -0.39 is 5.41 Å². The fourth-order valence-corrected chi connectivity index (χ4v) is 3.51. The van der Waals surface area contributed by atoms with E-state index in [1.807, 2.05) is 0 Å². The number of methoxy groups -OCH3 is 1. The standard InChI is InChI=1S/C16H28O5/c1-16(2,9-20-10-18-3)15(17)21-11-19-8-14-7-12-4-5-13(14)6-12/h12-14H,4-11H2,1-3H3. The summed E-state index contributed by atoms with van der Waals surface area (Å²) in [5.74, 6) is 2.12. The van der Waals surface area contributed by atoms with Crippen LogP contribution in [0.1, 0.15) is 39.5 Å². The molecule has 0 N–H and O–H groups in total. The summed E-state index contributed by atoms with van der Waals surface area (Å²) in [5, 5.41) is 0. The summed E-state index contributed by atoms with van der Waals surface area (Å²) in [6, 6.07) is 0. The Morgan fingerprint density at radius 3 is 2.57 bits per heavy atom. The van der Waals surface area contributed by atoms with Crippen molar-refractivity contribution in [3.8, 4) is 0 Å². The minimum atomic E-state index is -0.686. The van der Waals surface area contributed by atoms with Gasteiger partial charge in [0, 0.05) is 7.11 Å². The van der Waals surface area contributed by atoms with Crippen LogP contribution in [0.4, 0.5) is 0 Å². The van der Waals surface area contributed by atoms with Gasteiger partial charge in [-0.15, -0.1) is 0 Å². The highest BCUT2D eigenvalue weighted by molar-refractivity contribution is 5.75. The maximum Gasteiger partial charge on any atom is 0.315 e. The van der Waals surface area contributed by atoms with Crippen LogP contribution in [0.25, 0.3) is 0 Å². The third-order valence-electron chi connectivity index (χ3n) is 4.71. The molecule has 3 unspecified atom stereocenters. The van der Waals surface area contributed by atoms with Gasteiger partial charge < -0.3 is 18.9 Å². The number of carbonyl (C=O) groups is 1. The average Bonchev–Trinajstić information content (AvgIpc) is 3.06. The predicted molar refractivity (Wildman–Crippen MR) is 77.5 cm³/mol. The summed E-state index contributed by atoms with van der Waals surface area (Å²) >= 11 is 0. The van der Waals surface area contributed by atoms with Crippen molar-refractivity contribution in [1.82, 2.24) is 0 Å². The topological polar surface area (TPSA) is 54.0 Å². The Kier molecular flexibility index (Phi) is 6.02. The fraction of sp³-hybridized carbons (Fsp3) is 0.938. The summed E-state index contributed by atoms with van der Waals surface area (Å²) in [7, 11) is 1.55. The second kappa shape index (κ2) is 7.56. The molecule has 2 bridgehead atoms. The zero-order chi connectivity index (χ0) is 15.3. The smallest absolute Gasteiger partial charge is 0.315 e. The molecule has 21 heavy (non-hydrogen) atoms. The van der Waals surface area contributed by atoms with Crippen LogP contribution in [0.5, 0.6) is 0 Å². The van der Waals surface area contributed by atoms with E-state index in [2.05, 4.69) is 0 Å². The number of fused-ring (bicyclic) bond motifs is 2. The average molecular weight is 300 g/mol. The molecule has 2 saturated carbocycles. The number of carbonyl (C=O) groups excluding carboxylic acids is 1. The molecule has 0 spiro atoms. The van der Waals surface area contributed by atoms with Crippen LogP contribution in [-0.4, -0.2) is 39.9 Å². The third-order valence-corrected chi connectivity index (χ3v) is 4.71. The Bertz CT molecular complexity index is 342. The summed E-state index contributed by atoms with van der Waals surface area (Å²) in [4.78, 5) is 12.0. The van der Waals surface area contributed by atoms with E-state index in [9.17, 15) is 4.79 Å². The van der Waals surface area contributed by atoms with Crippen LogP contribution in [0, 0.1) is 23.2 Å². The van der Waals surface area contributed by atoms with Crippen LogP contribution in [0.2, 0.25) is 0 Å². The Labute approximate surface area is 127 Å². The molecule has 5 nitrogen and oxygen atoms in total. The highest BCUT2D eigenvalue weighted by Gasteiger charge is 2.39. The molecule has 3 atom stereocenters. The minimum absolute atomic E-state index is 0.0421. The van der Waals surface area contributed by atoms with Crippen LogP contribution in [-0.2, 0) is 23.7 Å². The molecule has 0 radical (unpaired) electrons. The molecule has 0 aromatic heterocycles. The second-order valence-corrected chi connectivity index (χ2v) is 6.99. The Balaban J connectivity index is 1.58. The molecule has 122 valence electrons. The Hall–Kier alpha value is -0.650. The maximum absolute atomic E-state index is 12.0.